The minimum atomic E-state index is -4.22. The fourth-order valence-electron chi connectivity index (χ4n) is 8.11. The lowest BCUT2D eigenvalue weighted by Gasteiger charge is -2.39. The molecule has 3 spiro atoms. The van der Waals surface area contributed by atoms with Crippen LogP contribution < -0.4 is 10.0 Å². The third-order valence-corrected chi connectivity index (χ3v) is 15.0. The van der Waals surface area contributed by atoms with E-state index in [0.29, 0.717) is 56.3 Å². The summed E-state index contributed by atoms with van der Waals surface area (Å²) in [6.45, 7) is 6.23. The molecule has 3 saturated heterocycles. The first-order valence-corrected chi connectivity index (χ1v) is 22.7. The summed E-state index contributed by atoms with van der Waals surface area (Å²) in [5, 5.41) is 21.4. The molecule has 17 nitrogen and oxygen atoms in total. The number of aromatic nitrogens is 2. The van der Waals surface area contributed by atoms with E-state index in [9.17, 15) is 8.42 Å². The van der Waals surface area contributed by atoms with Crippen molar-refractivity contribution in [3.8, 4) is 0 Å². The molecule has 0 aromatic carbocycles. The number of hydrazine groups is 1. The second-order valence-corrected chi connectivity index (χ2v) is 18.8. The van der Waals surface area contributed by atoms with E-state index in [4.69, 9.17) is 53.1 Å². The Balaban J connectivity index is 1.02. The number of guanidine groups is 1. The first kappa shape index (κ1) is 38.9. The van der Waals surface area contributed by atoms with Crippen molar-refractivity contribution in [1.82, 2.24) is 34.5 Å². The Morgan fingerprint density at radius 2 is 1.76 bits per heavy atom. The highest BCUT2D eigenvalue weighted by molar-refractivity contribution is 8.13. The van der Waals surface area contributed by atoms with E-state index in [1.807, 2.05) is 30.7 Å². The number of thiocarbonyl (C=S) groups is 1. The molecule has 0 saturated carbocycles. The van der Waals surface area contributed by atoms with Gasteiger partial charge in [0.15, 0.2) is 26.5 Å². The first-order chi connectivity index (χ1) is 26.6. The van der Waals surface area contributed by atoms with Gasteiger partial charge >= 0.3 is 0 Å². The van der Waals surface area contributed by atoms with Crippen LogP contribution >= 0.6 is 46.9 Å². The van der Waals surface area contributed by atoms with Crippen molar-refractivity contribution in [2.24, 2.45) is 42.4 Å². The van der Waals surface area contributed by atoms with Crippen LogP contribution in [0.25, 0.3) is 4.96 Å². The lowest BCUT2D eigenvalue weighted by atomic mass is 9.73. The highest BCUT2D eigenvalue weighted by Gasteiger charge is 2.48. The zero-order valence-electron chi connectivity index (χ0n) is 30.8. The molecule has 6 aliphatic heterocycles. The fraction of sp³-hybridized carbons (Fsp3) is 0.667. The molecule has 0 bridgehead atoms. The molecule has 8 rings (SSSR count). The van der Waals surface area contributed by atoms with Gasteiger partial charge in [-0.2, -0.15) is 23.6 Å². The van der Waals surface area contributed by atoms with Crippen molar-refractivity contribution in [1.29, 1.82) is 0 Å². The van der Waals surface area contributed by atoms with Gasteiger partial charge in [0, 0.05) is 87.4 Å². The Morgan fingerprint density at radius 3 is 2.51 bits per heavy atom. The van der Waals surface area contributed by atoms with Gasteiger partial charge in [-0.25, -0.2) is 19.7 Å². The third-order valence-electron chi connectivity index (χ3n) is 11.4. The summed E-state index contributed by atoms with van der Waals surface area (Å²) in [5.41, 5.74) is -0.602. The number of hydrogen-bond donors (Lipinski definition) is 2. The maximum atomic E-state index is 14.0. The zero-order chi connectivity index (χ0) is 38.3. The van der Waals surface area contributed by atoms with Crippen molar-refractivity contribution in [3.63, 3.8) is 0 Å². The third kappa shape index (κ3) is 7.74. The quantitative estimate of drug-likeness (QED) is 0.189. The Hall–Kier alpha value is -2.92. The van der Waals surface area contributed by atoms with Crippen LogP contribution in [0.3, 0.4) is 0 Å². The predicted molar refractivity (Wildman–Crippen MR) is 218 cm³/mol. The molecule has 2 N–H and O–H groups in total. The molecule has 0 aliphatic carbocycles. The number of fused-ring (bicyclic) bond motifs is 1. The largest absolute Gasteiger partial charge is 0.381 e. The summed E-state index contributed by atoms with van der Waals surface area (Å²) < 4.78 is 51.6. The molecule has 6 aliphatic rings. The number of sulfonamides is 1. The minimum Gasteiger partial charge on any atom is -0.381 e. The van der Waals surface area contributed by atoms with Gasteiger partial charge in [0.1, 0.15) is 0 Å². The van der Waals surface area contributed by atoms with E-state index in [-0.39, 0.29) is 44.8 Å². The highest BCUT2D eigenvalue weighted by atomic mass is 35.5. The van der Waals surface area contributed by atoms with Crippen molar-refractivity contribution in [3.05, 3.63) is 16.7 Å². The average Bonchev–Trinajstić information content (AvgIpc) is 4.02. The summed E-state index contributed by atoms with van der Waals surface area (Å²) in [7, 11) is -2.38. The normalized spacial score (nSPS) is 26.6. The number of rotatable bonds is 6. The summed E-state index contributed by atoms with van der Waals surface area (Å²) in [6, 6.07) is 0. The SMILES string of the molecule is CNC(=S)N1CC2(C=[N+]1CN=C(SC)N1CC3(C=N1)CCOCC3CN=C(NS(=O)(=O)c1c(Cl)nc3sccn13)N1CC3(C=N1)CCOCC3)CCOCC2. The second-order valence-electron chi connectivity index (χ2n) is 14.8. The van der Waals surface area contributed by atoms with Gasteiger partial charge in [-0.05, 0) is 50.6 Å². The van der Waals surface area contributed by atoms with Gasteiger partial charge in [-0.15, -0.1) is 16.3 Å². The molecule has 8 heterocycles. The molecule has 0 radical (unpaired) electrons. The smallest absolute Gasteiger partial charge is 0.283 e. The standard InChI is InChI=1S/C33H45ClN12O5S4/c1-35-28(52)46-21-32(5-11-50-12-6-32)19-42(46)23-37-29(53-2)45-22-33(18-39-45)7-13-51-16-24(33)15-36-27(44-20-31(17-38-44)3-9-49-10-4-31)41-55(47,48)26-25(34)40-30-43(26)8-14-54-30/h8,14,17-19,24H,3-7,9-13,15-16,20-23H2,1-2H3,(H-,35,36,41,52)/p+1. The van der Waals surface area contributed by atoms with E-state index in [1.54, 1.807) is 28.3 Å². The number of nitrogens with one attached hydrogen (secondary N) is 2. The molecule has 2 aromatic rings. The van der Waals surface area contributed by atoms with Crippen LogP contribution in [-0.2, 0) is 24.2 Å². The number of nitrogens with zero attached hydrogens (tertiary/aromatic N) is 10. The Kier molecular flexibility index (Phi) is 11.2. The average molecular weight is 855 g/mol. The second kappa shape index (κ2) is 15.8. The van der Waals surface area contributed by atoms with Crippen molar-refractivity contribution < 1.29 is 27.3 Å². The number of thioether (sulfide) groups is 1. The lowest BCUT2D eigenvalue weighted by molar-refractivity contribution is -0.652. The molecule has 55 heavy (non-hydrogen) atoms. The number of hydrogen-bond acceptors (Lipinski definition) is 13. The van der Waals surface area contributed by atoms with Crippen LogP contribution in [0.1, 0.15) is 32.1 Å². The maximum absolute atomic E-state index is 14.0. The number of aliphatic imine (C=N–C) groups is 2. The molecular formula is C33H46ClN12O5S4+. The van der Waals surface area contributed by atoms with Crippen LogP contribution in [0.5, 0.6) is 0 Å². The van der Waals surface area contributed by atoms with Crippen molar-refractivity contribution in [2.45, 2.75) is 37.1 Å². The van der Waals surface area contributed by atoms with Crippen LogP contribution in [0, 0.1) is 22.2 Å². The van der Waals surface area contributed by atoms with E-state index in [1.165, 1.54) is 15.7 Å². The number of amidine groups is 1. The first-order valence-electron chi connectivity index (χ1n) is 18.3. The van der Waals surface area contributed by atoms with Gasteiger partial charge in [-0.1, -0.05) is 28.0 Å². The summed E-state index contributed by atoms with van der Waals surface area (Å²) in [6.07, 6.45) is 14.0. The van der Waals surface area contributed by atoms with Gasteiger partial charge < -0.3 is 19.5 Å². The molecule has 0 amide bonds. The molecule has 2 aromatic heterocycles. The van der Waals surface area contributed by atoms with Gasteiger partial charge in [0.25, 0.3) is 16.7 Å². The minimum absolute atomic E-state index is 0.0000385. The number of imidazole rings is 1. The zero-order valence-corrected chi connectivity index (χ0v) is 34.8. The van der Waals surface area contributed by atoms with Gasteiger partial charge in [-0.3, -0.25) is 9.39 Å². The van der Waals surface area contributed by atoms with E-state index in [0.717, 1.165) is 57.0 Å². The highest BCUT2D eigenvalue weighted by Crippen LogP contribution is 2.40. The molecule has 298 valence electrons. The predicted octanol–water partition coefficient (Wildman–Crippen LogP) is 2.40. The molecule has 2 atom stereocenters. The lowest BCUT2D eigenvalue weighted by Crippen LogP contribution is -2.47. The van der Waals surface area contributed by atoms with E-state index < -0.39 is 10.0 Å². The fourth-order valence-corrected chi connectivity index (χ4v) is 11.3. The topological polar surface area (TPSA) is 165 Å². The van der Waals surface area contributed by atoms with Crippen LogP contribution in [0.4, 0.5) is 0 Å². The molecule has 3 fully saturated rings. The number of thiazole rings is 1. The molecule has 2 unspecified atom stereocenters. The van der Waals surface area contributed by atoms with Crippen LogP contribution in [0.2, 0.25) is 5.15 Å². The summed E-state index contributed by atoms with van der Waals surface area (Å²) >= 11 is 14.9. The molecular weight excluding hydrogens is 808 g/mol. The number of halogens is 1. The Morgan fingerprint density at radius 1 is 1.04 bits per heavy atom. The maximum Gasteiger partial charge on any atom is 0.283 e. The van der Waals surface area contributed by atoms with Crippen molar-refractivity contribution >= 4 is 96.8 Å². The Labute approximate surface area is 338 Å². The number of ether oxygens (including phenoxy) is 3. The van der Waals surface area contributed by atoms with Gasteiger partial charge in [0.05, 0.1) is 31.7 Å². The van der Waals surface area contributed by atoms with Gasteiger partial charge in [0.2, 0.25) is 11.1 Å². The van der Waals surface area contributed by atoms with Crippen molar-refractivity contribution in [2.75, 3.05) is 85.8 Å². The number of hydrazone groups is 3. The summed E-state index contributed by atoms with van der Waals surface area (Å²) in [5.74, 6) is 0.0140. The monoisotopic (exact) mass is 853 g/mol. The van der Waals surface area contributed by atoms with Crippen LogP contribution in [0.15, 0.2) is 36.8 Å². The van der Waals surface area contributed by atoms with E-state index >= 15 is 0 Å². The van der Waals surface area contributed by atoms with E-state index in [2.05, 4.69) is 36.0 Å². The molecule has 22 heteroatoms. The Bertz CT molecular complexity index is 2040. The van der Waals surface area contributed by atoms with Crippen LogP contribution in [-0.4, -0.2) is 158 Å². The summed E-state index contributed by atoms with van der Waals surface area (Å²) in [4.78, 5) is 14.7.